The highest BCUT2D eigenvalue weighted by Gasteiger charge is 2.35. The molecule has 0 amide bonds. The molecule has 2 N–H and O–H groups in total. The van der Waals surface area contributed by atoms with Crippen LogP contribution in [0.2, 0.25) is 0 Å². The van der Waals surface area contributed by atoms with Crippen molar-refractivity contribution >= 4 is 5.82 Å². The molecule has 1 aromatic heterocycles. The Morgan fingerprint density at radius 3 is 2.38 bits per heavy atom. The Bertz CT molecular complexity index is 551. The van der Waals surface area contributed by atoms with Crippen molar-refractivity contribution in [2.24, 2.45) is 5.73 Å². The van der Waals surface area contributed by atoms with Crippen molar-refractivity contribution in [2.75, 3.05) is 44.2 Å². The van der Waals surface area contributed by atoms with Gasteiger partial charge in [-0.25, -0.2) is 9.97 Å². The summed E-state index contributed by atoms with van der Waals surface area (Å²) in [6, 6.07) is 1.08. The molecule has 0 saturated carbocycles. The fraction of sp³-hybridized carbons (Fsp3) is 0.778. The zero-order valence-corrected chi connectivity index (χ0v) is 15.9. The summed E-state index contributed by atoms with van der Waals surface area (Å²) in [4.78, 5) is 12.5. The lowest BCUT2D eigenvalue weighted by molar-refractivity contribution is -0.141. The van der Waals surface area contributed by atoms with E-state index in [9.17, 15) is 13.2 Å². The van der Waals surface area contributed by atoms with Crippen molar-refractivity contribution in [3.63, 3.8) is 0 Å². The number of rotatable bonds is 5. The average molecular weight is 373 g/mol. The smallest absolute Gasteiger partial charge is 0.355 e. The summed E-state index contributed by atoms with van der Waals surface area (Å²) in [5, 5.41) is 0. The van der Waals surface area contributed by atoms with E-state index in [-0.39, 0.29) is 5.82 Å². The van der Waals surface area contributed by atoms with Crippen molar-refractivity contribution in [1.82, 2.24) is 14.9 Å². The normalized spacial score (nSPS) is 17.4. The zero-order valence-electron chi connectivity index (χ0n) is 15.9. The molecule has 5 nitrogen and oxygen atoms in total. The number of nitrogens with two attached hydrogens (primary N) is 1. The van der Waals surface area contributed by atoms with E-state index in [0.29, 0.717) is 25.5 Å². The number of nitrogens with zero attached hydrogens (tertiary/aromatic N) is 4. The molecule has 2 rings (SSSR count). The van der Waals surface area contributed by atoms with Gasteiger partial charge in [-0.2, -0.15) is 13.2 Å². The zero-order chi connectivity index (χ0) is 19.4. The minimum atomic E-state index is -4.47. The summed E-state index contributed by atoms with van der Waals surface area (Å²) in [5.74, 6) is 0.604. The quantitative estimate of drug-likeness (QED) is 0.804. The minimum absolute atomic E-state index is 0.228. The second-order valence-corrected chi connectivity index (χ2v) is 7.86. The van der Waals surface area contributed by atoms with Crippen molar-refractivity contribution in [3.05, 3.63) is 17.6 Å². The van der Waals surface area contributed by atoms with E-state index in [2.05, 4.69) is 14.9 Å². The molecule has 1 fully saturated rings. The summed E-state index contributed by atoms with van der Waals surface area (Å²) in [7, 11) is 0. The second-order valence-electron chi connectivity index (χ2n) is 7.86. The number of hydrogen-bond donors (Lipinski definition) is 1. The Balaban J connectivity index is 2.19. The molecule has 2 heterocycles. The molecule has 0 atom stereocenters. The van der Waals surface area contributed by atoms with Crippen LogP contribution in [0.1, 0.15) is 51.6 Å². The maximum Gasteiger partial charge on any atom is 0.433 e. The molecule has 1 aromatic rings. The number of unbranched alkanes of at least 4 members (excludes halogenated alkanes) is 1. The number of alkyl halides is 3. The lowest BCUT2D eigenvalue weighted by Gasteiger charge is -2.26. The van der Waals surface area contributed by atoms with E-state index in [1.807, 2.05) is 25.7 Å². The van der Waals surface area contributed by atoms with Gasteiger partial charge in [0, 0.05) is 31.1 Å². The van der Waals surface area contributed by atoms with Crippen LogP contribution in [0.15, 0.2) is 6.07 Å². The highest BCUT2D eigenvalue weighted by molar-refractivity contribution is 5.41. The Labute approximate surface area is 153 Å². The SMILES string of the molecule is CC(C)(C)c1nc(N2CCCN(CCCCN)CC2)cc(C(F)(F)F)n1. The van der Waals surface area contributed by atoms with Gasteiger partial charge in [0.2, 0.25) is 0 Å². The Morgan fingerprint density at radius 2 is 1.77 bits per heavy atom. The number of anilines is 1. The standard InChI is InChI=1S/C18H30F3N5/c1-17(2,3)16-23-14(18(19,20)21)13-15(24-16)26-10-6-9-25(11-12-26)8-5-4-7-22/h13H,4-12,22H2,1-3H3. The molecule has 0 radical (unpaired) electrons. The van der Waals surface area contributed by atoms with E-state index in [1.54, 1.807) is 0 Å². The maximum absolute atomic E-state index is 13.3. The summed E-state index contributed by atoms with van der Waals surface area (Å²) in [5.41, 5.74) is 4.13. The lowest BCUT2D eigenvalue weighted by atomic mass is 9.95. The van der Waals surface area contributed by atoms with Crippen molar-refractivity contribution < 1.29 is 13.2 Å². The third-order valence-corrected chi connectivity index (χ3v) is 4.51. The van der Waals surface area contributed by atoms with Crippen LogP contribution in [0.5, 0.6) is 0 Å². The summed E-state index contributed by atoms with van der Waals surface area (Å²) in [6.45, 7) is 10.3. The predicted molar refractivity (Wildman–Crippen MR) is 97.3 cm³/mol. The number of hydrogen-bond acceptors (Lipinski definition) is 5. The molecular weight excluding hydrogens is 343 g/mol. The average Bonchev–Trinajstić information content (AvgIpc) is 2.79. The van der Waals surface area contributed by atoms with Gasteiger partial charge in [-0.1, -0.05) is 20.8 Å². The van der Waals surface area contributed by atoms with Gasteiger partial charge in [0.15, 0.2) is 0 Å². The van der Waals surface area contributed by atoms with Crippen LogP contribution in [0.3, 0.4) is 0 Å². The van der Waals surface area contributed by atoms with Gasteiger partial charge in [-0.15, -0.1) is 0 Å². The van der Waals surface area contributed by atoms with Gasteiger partial charge in [-0.3, -0.25) is 0 Å². The Hall–Kier alpha value is -1.41. The van der Waals surface area contributed by atoms with Gasteiger partial charge < -0.3 is 15.5 Å². The molecule has 1 saturated heterocycles. The third kappa shape index (κ3) is 5.81. The van der Waals surface area contributed by atoms with Crippen molar-refractivity contribution in [3.8, 4) is 0 Å². The molecular formula is C18H30F3N5. The van der Waals surface area contributed by atoms with Crippen LogP contribution in [0, 0.1) is 0 Å². The fourth-order valence-corrected chi connectivity index (χ4v) is 2.98. The van der Waals surface area contributed by atoms with Crippen LogP contribution in [0.4, 0.5) is 19.0 Å². The van der Waals surface area contributed by atoms with Gasteiger partial charge in [0.1, 0.15) is 17.3 Å². The number of halogens is 3. The largest absolute Gasteiger partial charge is 0.433 e. The topological polar surface area (TPSA) is 58.3 Å². The highest BCUT2D eigenvalue weighted by atomic mass is 19.4. The molecule has 148 valence electrons. The van der Waals surface area contributed by atoms with E-state index in [0.717, 1.165) is 45.0 Å². The first kappa shape index (κ1) is 20.9. The monoisotopic (exact) mass is 373 g/mol. The van der Waals surface area contributed by atoms with E-state index in [1.165, 1.54) is 0 Å². The van der Waals surface area contributed by atoms with Crippen molar-refractivity contribution in [2.45, 2.75) is 51.6 Å². The van der Waals surface area contributed by atoms with E-state index >= 15 is 0 Å². The lowest BCUT2D eigenvalue weighted by Crippen LogP contribution is -2.33. The van der Waals surface area contributed by atoms with Gasteiger partial charge >= 0.3 is 6.18 Å². The van der Waals surface area contributed by atoms with Crippen LogP contribution >= 0.6 is 0 Å². The molecule has 8 heteroatoms. The maximum atomic E-state index is 13.3. The molecule has 0 bridgehead atoms. The van der Waals surface area contributed by atoms with Crippen LogP contribution < -0.4 is 10.6 Å². The summed E-state index contributed by atoms with van der Waals surface area (Å²) >= 11 is 0. The third-order valence-electron chi connectivity index (χ3n) is 4.51. The summed E-state index contributed by atoms with van der Waals surface area (Å²) in [6.07, 6.45) is -1.52. The van der Waals surface area contributed by atoms with E-state index in [4.69, 9.17) is 5.73 Å². The molecule has 1 aliphatic rings. The molecule has 0 unspecified atom stereocenters. The minimum Gasteiger partial charge on any atom is -0.355 e. The van der Waals surface area contributed by atoms with Crippen LogP contribution in [-0.4, -0.2) is 54.1 Å². The van der Waals surface area contributed by atoms with Gasteiger partial charge in [0.05, 0.1) is 0 Å². The van der Waals surface area contributed by atoms with Crippen LogP contribution in [-0.2, 0) is 11.6 Å². The first-order valence-electron chi connectivity index (χ1n) is 9.25. The Morgan fingerprint density at radius 1 is 1.04 bits per heavy atom. The molecule has 0 spiro atoms. The summed E-state index contributed by atoms with van der Waals surface area (Å²) < 4.78 is 39.9. The molecule has 0 aliphatic carbocycles. The van der Waals surface area contributed by atoms with Crippen molar-refractivity contribution in [1.29, 1.82) is 0 Å². The first-order chi connectivity index (χ1) is 12.1. The van der Waals surface area contributed by atoms with E-state index < -0.39 is 17.3 Å². The fourth-order valence-electron chi connectivity index (χ4n) is 2.98. The molecule has 0 aromatic carbocycles. The number of aromatic nitrogens is 2. The molecule has 26 heavy (non-hydrogen) atoms. The second kappa shape index (κ2) is 8.52. The van der Waals surface area contributed by atoms with Gasteiger partial charge in [0.25, 0.3) is 0 Å². The predicted octanol–water partition coefficient (Wildman–Crippen LogP) is 3.04. The molecule has 1 aliphatic heterocycles. The van der Waals surface area contributed by atoms with Gasteiger partial charge in [-0.05, 0) is 38.9 Å². The highest BCUT2D eigenvalue weighted by Crippen LogP contribution is 2.32. The van der Waals surface area contributed by atoms with Crippen LogP contribution in [0.25, 0.3) is 0 Å². The Kier molecular flexibility index (Phi) is 6.85. The first-order valence-corrected chi connectivity index (χ1v) is 9.25.